The second kappa shape index (κ2) is 2.99. The normalized spacial score (nSPS) is 27.8. The minimum atomic E-state index is 0.0363. The molecule has 0 N–H and O–H groups in total. The van der Waals surface area contributed by atoms with E-state index >= 15 is 0 Å². The van der Waals surface area contributed by atoms with Crippen molar-refractivity contribution in [1.82, 2.24) is 4.90 Å². The van der Waals surface area contributed by atoms with E-state index in [9.17, 15) is 0 Å². The molecular weight excluding hydrogens is 160 g/mol. The van der Waals surface area contributed by atoms with E-state index in [2.05, 4.69) is 25.1 Å². The first kappa shape index (κ1) is 9.02. The highest BCUT2D eigenvalue weighted by Gasteiger charge is 2.54. The molecule has 72 valence electrons. The molecule has 0 aromatic carbocycles. The Labute approximate surface area is 80.5 Å². The molecule has 2 aliphatic carbocycles. The van der Waals surface area contributed by atoms with Crippen molar-refractivity contribution in [3.63, 3.8) is 0 Å². The van der Waals surface area contributed by atoms with Crippen LogP contribution < -0.4 is 0 Å². The van der Waals surface area contributed by atoms with Crippen LogP contribution in [0.15, 0.2) is 0 Å². The van der Waals surface area contributed by atoms with Gasteiger partial charge >= 0.3 is 0 Å². The zero-order valence-corrected chi connectivity index (χ0v) is 8.58. The van der Waals surface area contributed by atoms with Gasteiger partial charge in [0.15, 0.2) is 0 Å². The molecule has 0 aromatic heterocycles. The van der Waals surface area contributed by atoms with Crippen LogP contribution >= 0.6 is 0 Å². The Kier molecular flexibility index (Phi) is 2.08. The summed E-state index contributed by atoms with van der Waals surface area (Å²) in [4.78, 5) is 2.28. The maximum absolute atomic E-state index is 9.17. The van der Waals surface area contributed by atoms with Crippen molar-refractivity contribution in [3.8, 4) is 6.07 Å². The van der Waals surface area contributed by atoms with Crippen molar-refractivity contribution in [1.29, 1.82) is 5.26 Å². The topological polar surface area (TPSA) is 27.0 Å². The highest BCUT2D eigenvalue weighted by atomic mass is 15.1. The zero-order valence-electron chi connectivity index (χ0n) is 8.58. The summed E-state index contributed by atoms with van der Waals surface area (Å²) in [5.41, 5.74) is 0.0363. The summed E-state index contributed by atoms with van der Waals surface area (Å²) in [7, 11) is 4.25. The number of hydrogen-bond acceptors (Lipinski definition) is 2. The van der Waals surface area contributed by atoms with Crippen LogP contribution in [0, 0.1) is 22.7 Å². The number of nitrogens with zero attached hydrogens (tertiary/aromatic N) is 2. The van der Waals surface area contributed by atoms with Gasteiger partial charge in [0.25, 0.3) is 0 Å². The van der Waals surface area contributed by atoms with E-state index in [4.69, 9.17) is 5.26 Å². The molecule has 0 spiro atoms. The Morgan fingerprint density at radius 2 is 2.00 bits per heavy atom. The third kappa shape index (κ3) is 1.36. The molecule has 0 heterocycles. The molecule has 2 rings (SSSR count). The van der Waals surface area contributed by atoms with Crippen LogP contribution in [0.2, 0.25) is 0 Å². The molecule has 0 amide bonds. The van der Waals surface area contributed by atoms with Crippen molar-refractivity contribution in [2.45, 2.75) is 38.1 Å². The van der Waals surface area contributed by atoms with Gasteiger partial charge in [-0.1, -0.05) is 6.42 Å². The van der Waals surface area contributed by atoms with Gasteiger partial charge in [-0.05, 0) is 45.7 Å². The number of nitriles is 1. The molecule has 1 unspecified atom stereocenters. The maximum atomic E-state index is 9.17. The van der Waals surface area contributed by atoms with E-state index in [1.807, 2.05) is 0 Å². The lowest BCUT2D eigenvalue weighted by atomic mass is 9.73. The maximum Gasteiger partial charge on any atom is 0.0732 e. The van der Waals surface area contributed by atoms with Crippen molar-refractivity contribution < 1.29 is 0 Å². The predicted molar refractivity (Wildman–Crippen MR) is 52.1 cm³/mol. The molecular formula is C11H18N2. The Bertz CT molecular complexity index is 231. The van der Waals surface area contributed by atoms with Gasteiger partial charge in [0.1, 0.15) is 0 Å². The summed E-state index contributed by atoms with van der Waals surface area (Å²) in [6.45, 7) is 0. The van der Waals surface area contributed by atoms with Crippen LogP contribution in [-0.4, -0.2) is 25.0 Å². The first-order valence-electron chi connectivity index (χ1n) is 5.27. The van der Waals surface area contributed by atoms with Crippen LogP contribution in [0.25, 0.3) is 0 Å². The van der Waals surface area contributed by atoms with E-state index in [1.54, 1.807) is 0 Å². The smallest absolute Gasteiger partial charge is 0.0732 e. The van der Waals surface area contributed by atoms with Gasteiger partial charge in [-0.3, -0.25) is 0 Å². The molecule has 13 heavy (non-hydrogen) atoms. The largest absolute Gasteiger partial charge is 0.305 e. The van der Waals surface area contributed by atoms with E-state index in [1.165, 1.54) is 19.3 Å². The van der Waals surface area contributed by atoms with E-state index in [-0.39, 0.29) is 5.41 Å². The Morgan fingerprint density at radius 1 is 1.38 bits per heavy atom. The van der Waals surface area contributed by atoms with Crippen LogP contribution in [0.1, 0.15) is 32.1 Å². The minimum Gasteiger partial charge on any atom is -0.305 e. The van der Waals surface area contributed by atoms with Gasteiger partial charge < -0.3 is 4.90 Å². The molecule has 0 aliphatic heterocycles. The van der Waals surface area contributed by atoms with Crippen molar-refractivity contribution in [3.05, 3.63) is 0 Å². The van der Waals surface area contributed by atoms with E-state index in [0.29, 0.717) is 6.04 Å². The third-order valence-corrected chi connectivity index (χ3v) is 3.73. The fraction of sp³-hybridized carbons (Fsp3) is 0.909. The van der Waals surface area contributed by atoms with Crippen LogP contribution in [0.5, 0.6) is 0 Å². The van der Waals surface area contributed by atoms with E-state index in [0.717, 1.165) is 18.8 Å². The van der Waals surface area contributed by atoms with Gasteiger partial charge in [0, 0.05) is 6.04 Å². The highest BCUT2D eigenvalue weighted by molar-refractivity contribution is 5.17. The number of hydrogen-bond donors (Lipinski definition) is 0. The molecule has 2 nitrogen and oxygen atoms in total. The molecule has 0 bridgehead atoms. The van der Waals surface area contributed by atoms with Gasteiger partial charge in [-0.2, -0.15) is 5.26 Å². The molecule has 0 aromatic rings. The second-order valence-corrected chi connectivity index (χ2v) is 4.87. The SMILES string of the molecule is CN(C)C(C1CCC1)C1(C#N)CC1. The lowest BCUT2D eigenvalue weighted by Crippen LogP contribution is -2.44. The average molecular weight is 178 g/mol. The third-order valence-electron chi connectivity index (χ3n) is 3.73. The van der Waals surface area contributed by atoms with E-state index < -0.39 is 0 Å². The summed E-state index contributed by atoms with van der Waals surface area (Å²) in [5.74, 6) is 0.803. The van der Waals surface area contributed by atoms with Crippen molar-refractivity contribution in [2.75, 3.05) is 14.1 Å². The molecule has 2 aliphatic rings. The van der Waals surface area contributed by atoms with Crippen LogP contribution in [-0.2, 0) is 0 Å². The lowest BCUT2D eigenvalue weighted by Gasteiger charge is -2.40. The standard InChI is InChI=1S/C11H18N2/c1-13(2)10(9-4-3-5-9)11(8-12)6-7-11/h9-10H,3-7H2,1-2H3. The summed E-state index contributed by atoms with van der Waals surface area (Å²) < 4.78 is 0. The predicted octanol–water partition coefficient (Wildman–Crippen LogP) is 2.02. The number of rotatable bonds is 3. The molecule has 1 atom stereocenters. The Hall–Kier alpha value is -0.550. The average Bonchev–Trinajstić information content (AvgIpc) is 2.76. The zero-order chi connectivity index (χ0) is 9.47. The summed E-state index contributed by atoms with van der Waals surface area (Å²) >= 11 is 0. The Balaban J connectivity index is 2.10. The van der Waals surface area contributed by atoms with Crippen LogP contribution in [0.4, 0.5) is 0 Å². The van der Waals surface area contributed by atoms with Gasteiger partial charge in [-0.15, -0.1) is 0 Å². The summed E-state index contributed by atoms with van der Waals surface area (Å²) in [5, 5.41) is 9.17. The molecule has 0 saturated heterocycles. The minimum absolute atomic E-state index is 0.0363. The highest BCUT2D eigenvalue weighted by Crippen LogP contribution is 2.54. The fourth-order valence-electron chi connectivity index (χ4n) is 2.73. The molecule has 2 saturated carbocycles. The Morgan fingerprint density at radius 3 is 2.23 bits per heavy atom. The van der Waals surface area contributed by atoms with Gasteiger partial charge in [-0.25, -0.2) is 0 Å². The van der Waals surface area contributed by atoms with Gasteiger partial charge in [0.2, 0.25) is 0 Å². The first-order valence-corrected chi connectivity index (χ1v) is 5.27. The second-order valence-electron chi connectivity index (χ2n) is 4.87. The molecule has 2 fully saturated rings. The van der Waals surface area contributed by atoms with Gasteiger partial charge in [0.05, 0.1) is 11.5 Å². The monoisotopic (exact) mass is 178 g/mol. The first-order chi connectivity index (χ1) is 6.19. The summed E-state index contributed by atoms with van der Waals surface area (Å²) in [6.07, 6.45) is 6.31. The fourth-order valence-corrected chi connectivity index (χ4v) is 2.73. The van der Waals surface area contributed by atoms with Crippen molar-refractivity contribution >= 4 is 0 Å². The van der Waals surface area contributed by atoms with Crippen molar-refractivity contribution in [2.24, 2.45) is 11.3 Å². The molecule has 2 heteroatoms. The summed E-state index contributed by atoms with van der Waals surface area (Å²) in [6, 6.07) is 3.07. The lowest BCUT2D eigenvalue weighted by molar-refractivity contribution is 0.0993. The molecule has 0 radical (unpaired) electrons. The quantitative estimate of drug-likeness (QED) is 0.661. The van der Waals surface area contributed by atoms with Crippen LogP contribution in [0.3, 0.4) is 0 Å².